The van der Waals surface area contributed by atoms with Crippen LogP contribution in [0.15, 0.2) is 52.7 Å². The molecule has 124 valence electrons. The summed E-state index contributed by atoms with van der Waals surface area (Å²) in [7, 11) is 1.34. The number of carbonyl (C=O) groups is 2. The van der Waals surface area contributed by atoms with Gasteiger partial charge in [-0.2, -0.15) is 0 Å². The highest BCUT2D eigenvalue weighted by Crippen LogP contribution is 2.36. The number of rotatable bonds is 3. The number of esters is 1. The van der Waals surface area contributed by atoms with Crippen LogP contribution in [0, 0.1) is 0 Å². The van der Waals surface area contributed by atoms with E-state index in [0.717, 1.165) is 5.56 Å². The molecular weight excluding hydrogens is 324 g/mol. The van der Waals surface area contributed by atoms with E-state index in [1.165, 1.54) is 18.9 Å². The van der Waals surface area contributed by atoms with Gasteiger partial charge in [-0.05, 0) is 19.4 Å². The van der Waals surface area contributed by atoms with E-state index >= 15 is 0 Å². The lowest BCUT2D eigenvalue weighted by atomic mass is 10.0. The quantitative estimate of drug-likeness (QED) is 0.793. The van der Waals surface area contributed by atoms with Crippen molar-refractivity contribution in [3.05, 3.63) is 53.2 Å². The molecule has 6 heteroatoms. The van der Waals surface area contributed by atoms with Gasteiger partial charge in [0.1, 0.15) is 0 Å². The second-order valence-corrected chi connectivity index (χ2v) is 6.88. The van der Waals surface area contributed by atoms with Crippen LogP contribution in [0.5, 0.6) is 0 Å². The van der Waals surface area contributed by atoms with Gasteiger partial charge in [0.15, 0.2) is 5.17 Å². The Bertz CT molecular complexity index is 768. The van der Waals surface area contributed by atoms with Gasteiger partial charge < -0.3 is 4.74 Å². The fourth-order valence-electron chi connectivity index (χ4n) is 2.77. The molecule has 0 aromatic heterocycles. The zero-order valence-electron chi connectivity index (χ0n) is 13.7. The summed E-state index contributed by atoms with van der Waals surface area (Å²) in [6.07, 6.45) is 3.76. The maximum Gasteiger partial charge on any atom is 0.338 e. The molecule has 0 aliphatic carbocycles. The second-order valence-electron chi connectivity index (χ2n) is 5.57. The van der Waals surface area contributed by atoms with Gasteiger partial charge in [0.2, 0.25) is 5.91 Å². The molecule has 2 aliphatic heterocycles. The molecule has 1 aromatic carbocycles. The number of thioether (sulfide) groups is 1. The molecule has 0 N–H and O–H groups in total. The topological polar surface area (TPSA) is 59.0 Å². The van der Waals surface area contributed by atoms with E-state index in [4.69, 9.17) is 4.74 Å². The highest BCUT2D eigenvalue weighted by molar-refractivity contribution is 8.15. The van der Waals surface area contributed by atoms with Crippen LogP contribution in [-0.2, 0) is 14.3 Å². The molecule has 3 rings (SSSR count). The van der Waals surface area contributed by atoms with Gasteiger partial charge in [0.05, 0.1) is 29.7 Å². The van der Waals surface area contributed by atoms with E-state index < -0.39 is 12.0 Å². The Morgan fingerprint density at radius 1 is 1.33 bits per heavy atom. The Hall–Kier alpha value is -2.34. The van der Waals surface area contributed by atoms with E-state index in [9.17, 15) is 9.59 Å². The summed E-state index contributed by atoms with van der Waals surface area (Å²) < 4.78 is 4.91. The summed E-state index contributed by atoms with van der Waals surface area (Å²) >= 11 is 1.41. The first kappa shape index (κ1) is 16.5. The minimum Gasteiger partial charge on any atom is -0.466 e. The molecule has 0 radical (unpaired) electrons. The van der Waals surface area contributed by atoms with Crippen LogP contribution in [0.1, 0.15) is 19.4 Å². The van der Waals surface area contributed by atoms with E-state index in [-0.39, 0.29) is 11.2 Å². The summed E-state index contributed by atoms with van der Waals surface area (Å²) in [5.41, 5.74) is 1.98. The fourth-order valence-corrected chi connectivity index (χ4v) is 3.80. The first-order valence-corrected chi connectivity index (χ1v) is 8.51. The largest absolute Gasteiger partial charge is 0.466 e. The summed E-state index contributed by atoms with van der Waals surface area (Å²) in [6.45, 7) is 3.62. The molecule has 1 saturated heterocycles. The van der Waals surface area contributed by atoms with E-state index in [0.29, 0.717) is 16.4 Å². The predicted molar refractivity (Wildman–Crippen MR) is 95.3 cm³/mol. The molecule has 0 spiro atoms. The monoisotopic (exact) mass is 342 g/mol. The summed E-state index contributed by atoms with van der Waals surface area (Å²) in [5, 5.41) is 0.432. The van der Waals surface area contributed by atoms with Gasteiger partial charge in [0, 0.05) is 0 Å². The number of hydrogen-bond donors (Lipinski definition) is 0. The fraction of sp³-hybridized carbons (Fsp3) is 0.278. The van der Waals surface area contributed by atoms with Crippen molar-refractivity contribution in [2.45, 2.75) is 25.1 Å². The van der Waals surface area contributed by atoms with Crippen LogP contribution < -0.4 is 0 Å². The summed E-state index contributed by atoms with van der Waals surface area (Å²) in [6, 6.07) is 9.24. The highest BCUT2D eigenvalue weighted by atomic mass is 32.2. The molecule has 2 atom stereocenters. The molecule has 0 saturated carbocycles. The third-order valence-corrected chi connectivity index (χ3v) is 5.03. The number of benzene rings is 1. The molecule has 5 nitrogen and oxygen atoms in total. The molecule has 2 heterocycles. The van der Waals surface area contributed by atoms with Crippen molar-refractivity contribution in [3.8, 4) is 0 Å². The Balaban J connectivity index is 2.03. The molecule has 1 aromatic rings. The minimum absolute atomic E-state index is 0.0460. The number of amides is 1. The normalized spacial score (nSPS) is 23.5. The van der Waals surface area contributed by atoms with Crippen LogP contribution in [0.25, 0.3) is 6.08 Å². The lowest BCUT2D eigenvalue weighted by Crippen LogP contribution is -2.44. The van der Waals surface area contributed by atoms with Gasteiger partial charge in [-0.15, -0.1) is 0 Å². The predicted octanol–water partition coefficient (Wildman–Crippen LogP) is 2.85. The Kier molecular flexibility index (Phi) is 4.57. The van der Waals surface area contributed by atoms with Crippen molar-refractivity contribution in [1.29, 1.82) is 0 Å². The lowest BCUT2D eigenvalue weighted by molar-refractivity contribution is -0.137. The van der Waals surface area contributed by atoms with Gasteiger partial charge in [-0.25, -0.2) is 9.79 Å². The molecular formula is C18H18N2O3S. The first-order valence-electron chi connectivity index (χ1n) is 7.63. The van der Waals surface area contributed by atoms with Crippen LogP contribution in [0.3, 0.4) is 0 Å². The molecule has 24 heavy (non-hydrogen) atoms. The van der Waals surface area contributed by atoms with Crippen molar-refractivity contribution in [3.63, 3.8) is 0 Å². The lowest BCUT2D eigenvalue weighted by Gasteiger charge is -2.30. The van der Waals surface area contributed by atoms with Crippen LogP contribution in [0.2, 0.25) is 0 Å². The van der Waals surface area contributed by atoms with E-state index in [2.05, 4.69) is 4.99 Å². The van der Waals surface area contributed by atoms with Crippen molar-refractivity contribution in [1.82, 2.24) is 4.90 Å². The summed E-state index contributed by atoms with van der Waals surface area (Å²) in [5.74, 6) is -0.509. The van der Waals surface area contributed by atoms with Crippen LogP contribution in [0.4, 0.5) is 0 Å². The van der Waals surface area contributed by atoms with Gasteiger partial charge >= 0.3 is 5.97 Å². The first-order chi connectivity index (χ1) is 11.5. The number of amidine groups is 1. The molecule has 0 unspecified atom stereocenters. The highest BCUT2D eigenvalue weighted by Gasteiger charge is 2.44. The average Bonchev–Trinajstić information content (AvgIpc) is 2.86. The number of hydrogen-bond acceptors (Lipinski definition) is 5. The Morgan fingerprint density at radius 3 is 2.71 bits per heavy atom. The number of methoxy groups -OCH3 is 1. The number of fused-ring (bicyclic) bond motifs is 1. The number of ether oxygens (including phenoxy) is 1. The second kappa shape index (κ2) is 6.65. The maximum atomic E-state index is 12.5. The number of aliphatic imine (C=N–C) groups is 1. The van der Waals surface area contributed by atoms with Crippen LogP contribution in [-0.4, -0.2) is 40.3 Å². The van der Waals surface area contributed by atoms with Crippen molar-refractivity contribution in [2.75, 3.05) is 7.11 Å². The van der Waals surface area contributed by atoms with Crippen molar-refractivity contribution in [2.24, 2.45) is 4.99 Å². The third-order valence-electron chi connectivity index (χ3n) is 3.98. The molecule has 1 fully saturated rings. The molecule has 2 aliphatic rings. The smallest absolute Gasteiger partial charge is 0.338 e. The number of nitrogens with zero attached hydrogens (tertiary/aromatic N) is 2. The van der Waals surface area contributed by atoms with Gasteiger partial charge in [-0.3, -0.25) is 9.69 Å². The van der Waals surface area contributed by atoms with Crippen LogP contribution >= 0.6 is 11.8 Å². The van der Waals surface area contributed by atoms with Crippen molar-refractivity contribution < 1.29 is 14.3 Å². The number of allylic oxidation sites excluding steroid dienone is 1. The van der Waals surface area contributed by atoms with E-state index in [1.807, 2.05) is 49.4 Å². The SMILES string of the molecule is COC(=O)C1=C(C)N=C2S[C@@H](C)C(=O)N2[C@H]1/C=C/c1ccccc1. The zero-order chi connectivity index (χ0) is 17.3. The Labute approximate surface area is 145 Å². The summed E-state index contributed by atoms with van der Waals surface area (Å²) in [4.78, 5) is 30.8. The average molecular weight is 342 g/mol. The maximum absolute atomic E-state index is 12.5. The zero-order valence-corrected chi connectivity index (χ0v) is 14.5. The Morgan fingerprint density at radius 2 is 2.04 bits per heavy atom. The molecule has 1 amide bonds. The molecule has 0 bridgehead atoms. The van der Waals surface area contributed by atoms with Gasteiger partial charge in [0.25, 0.3) is 0 Å². The van der Waals surface area contributed by atoms with Crippen molar-refractivity contribution >= 4 is 34.9 Å². The number of carbonyl (C=O) groups excluding carboxylic acids is 2. The van der Waals surface area contributed by atoms with Gasteiger partial charge in [-0.1, -0.05) is 54.2 Å². The van der Waals surface area contributed by atoms with E-state index in [1.54, 1.807) is 11.8 Å². The minimum atomic E-state index is -0.505. The standard InChI is InChI=1S/C18H18N2O3S/c1-11-15(17(22)23-3)14(10-9-13-7-5-4-6-8-13)20-16(21)12(2)24-18(20)19-11/h4-10,12,14H,1-3H3/b10-9+/t12-,14-/m0/s1. The third kappa shape index (κ3) is 2.89.